The molecule has 94 valence electrons. The van der Waals surface area contributed by atoms with Crippen LogP contribution in [0.4, 0.5) is 4.39 Å². The van der Waals surface area contributed by atoms with Gasteiger partial charge in [-0.05, 0) is 43.0 Å². The summed E-state index contributed by atoms with van der Waals surface area (Å²) in [5, 5.41) is 10.7. The zero-order valence-corrected chi connectivity index (χ0v) is 11.0. The minimum Gasteiger partial charge on any atom is -0.388 e. The van der Waals surface area contributed by atoms with E-state index < -0.39 is 6.10 Å². The fraction of sp³-hybridized carbons (Fsp3) is 0.571. The lowest BCUT2D eigenvalue weighted by molar-refractivity contribution is 0.203. The summed E-state index contributed by atoms with van der Waals surface area (Å²) in [5.41, 5.74) is 1.57. The fourth-order valence-corrected chi connectivity index (χ4v) is 3.65. The number of aliphatic hydroxyl groups is 1. The molecule has 3 heteroatoms. The molecule has 1 saturated carbocycles. The van der Waals surface area contributed by atoms with E-state index in [-0.39, 0.29) is 5.82 Å². The zero-order valence-electron chi connectivity index (χ0n) is 10.2. The summed E-state index contributed by atoms with van der Waals surface area (Å²) in [6.07, 6.45) is 4.61. The Kier molecular flexibility index (Phi) is 4.46. The Labute approximate surface area is 106 Å². The summed E-state index contributed by atoms with van der Waals surface area (Å²) in [6, 6.07) is 4.79. The number of hydrogen-bond donors (Lipinski definition) is 1. The molecular formula is C14H19FOS. The van der Waals surface area contributed by atoms with E-state index in [1.54, 1.807) is 0 Å². The summed E-state index contributed by atoms with van der Waals surface area (Å²) in [6.45, 7) is 1.85. The minimum absolute atomic E-state index is 0.259. The molecule has 1 unspecified atom stereocenters. The van der Waals surface area contributed by atoms with Crippen molar-refractivity contribution in [1.82, 2.24) is 0 Å². The van der Waals surface area contributed by atoms with Crippen molar-refractivity contribution in [2.24, 2.45) is 0 Å². The van der Waals surface area contributed by atoms with E-state index in [1.807, 2.05) is 24.8 Å². The molecule has 1 atom stereocenters. The summed E-state index contributed by atoms with van der Waals surface area (Å²) >= 11 is 1.83. The molecule has 0 bridgehead atoms. The molecule has 1 aromatic carbocycles. The highest BCUT2D eigenvalue weighted by Crippen LogP contribution is 2.32. The quantitative estimate of drug-likeness (QED) is 0.881. The summed E-state index contributed by atoms with van der Waals surface area (Å²) in [4.78, 5) is 0. The van der Waals surface area contributed by atoms with E-state index >= 15 is 0 Å². The van der Waals surface area contributed by atoms with Crippen molar-refractivity contribution in [3.8, 4) is 0 Å². The third-order valence-electron chi connectivity index (χ3n) is 3.24. The first-order chi connectivity index (χ1) is 8.15. The molecule has 1 aliphatic carbocycles. The molecule has 1 aliphatic rings. The zero-order chi connectivity index (χ0) is 12.3. The van der Waals surface area contributed by atoms with Crippen LogP contribution in [0.5, 0.6) is 0 Å². The van der Waals surface area contributed by atoms with E-state index in [0.29, 0.717) is 16.6 Å². The summed E-state index contributed by atoms with van der Waals surface area (Å²) in [5.74, 6) is 0.415. The van der Waals surface area contributed by atoms with Crippen molar-refractivity contribution in [3.05, 3.63) is 35.1 Å². The number of halogens is 1. The second-order valence-electron chi connectivity index (χ2n) is 4.82. The molecule has 0 heterocycles. The van der Waals surface area contributed by atoms with Gasteiger partial charge < -0.3 is 5.11 Å². The van der Waals surface area contributed by atoms with E-state index in [4.69, 9.17) is 0 Å². The van der Waals surface area contributed by atoms with E-state index in [0.717, 1.165) is 5.56 Å². The third kappa shape index (κ3) is 3.71. The molecule has 0 saturated heterocycles. The predicted molar refractivity (Wildman–Crippen MR) is 70.8 cm³/mol. The third-order valence-corrected chi connectivity index (χ3v) is 4.69. The Balaban J connectivity index is 1.91. The fourth-order valence-electron chi connectivity index (χ4n) is 2.34. The lowest BCUT2D eigenvalue weighted by atomic mass is 10.1. The largest absolute Gasteiger partial charge is 0.388 e. The number of hydrogen-bond acceptors (Lipinski definition) is 2. The van der Waals surface area contributed by atoms with Crippen LogP contribution >= 0.6 is 11.8 Å². The average Bonchev–Trinajstić information content (AvgIpc) is 2.77. The Hall–Kier alpha value is -0.540. The Morgan fingerprint density at radius 1 is 1.35 bits per heavy atom. The lowest BCUT2D eigenvalue weighted by Crippen LogP contribution is -2.05. The molecular weight excluding hydrogens is 235 g/mol. The first kappa shape index (κ1) is 12.9. The van der Waals surface area contributed by atoms with Gasteiger partial charge in [0, 0.05) is 11.0 Å². The van der Waals surface area contributed by atoms with Crippen LogP contribution in [0.2, 0.25) is 0 Å². The molecule has 2 rings (SSSR count). The van der Waals surface area contributed by atoms with Crippen LogP contribution < -0.4 is 0 Å². The van der Waals surface area contributed by atoms with Gasteiger partial charge in [-0.3, -0.25) is 0 Å². The maximum atomic E-state index is 13.2. The lowest BCUT2D eigenvalue weighted by Gasteiger charge is -2.14. The number of thioether (sulfide) groups is 1. The standard InChI is InChI=1S/C14H19FOS/c1-10-6-11(8-12(15)7-10)14(16)9-17-13-4-2-3-5-13/h6-8,13-14,16H,2-5,9H2,1H3. The van der Waals surface area contributed by atoms with Gasteiger partial charge in [-0.2, -0.15) is 11.8 Å². The monoisotopic (exact) mass is 254 g/mol. The number of aryl methyl sites for hydroxylation is 1. The van der Waals surface area contributed by atoms with Crippen molar-refractivity contribution in [1.29, 1.82) is 0 Å². The van der Waals surface area contributed by atoms with Gasteiger partial charge in [0.1, 0.15) is 5.82 Å². The van der Waals surface area contributed by atoms with Gasteiger partial charge in [0.05, 0.1) is 6.10 Å². The van der Waals surface area contributed by atoms with Gasteiger partial charge in [-0.15, -0.1) is 0 Å². The molecule has 1 N–H and O–H groups in total. The second-order valence-corrected chi connectivity index (χ2v) is 6.15. The van der Waals surface area contributed by atoms with Crippen LogP contribution in [0.1, 0.15) is 42.9 Å². The predicted octanol–water partition coefficient (Wildman–Crippen LogP) is 3.84. The van der Waals surface area contributed by atoms with Crippen LogP contribution in [-0.2, 0) is 0 Å². The smallest absolute Gasteiger partial charge is 0.123 e. The number of aliphatic hydroxyl groups excluding tert-OH is 1. The molecule has 0 spiro atoms. The molecule has 1 aromatic rings. The maximum absolute atomic E-state index is 13.2. The first-order valence-corrected chi connectivity index (χ1v) is 7.27. The van der Waals surface area contributed by atoms with Crippen LogP contribution in [0.25, 0.3) is 0 Å². The van der Waals surface area contributed by atoms with Gasteiger partial charge >= 0.3 is 0 Å². The number of benzene rings is 1. The van der Waals surface area contributed by atoms with E-state index in [2.05, 4.69) is 0 Å². The maximum Gasteiger partial charge on any atom is 0.123 e. The highest BCUT2D eigenvalue weighted by Gasteiger charge is 2.18. The van der Waals surface area contributed by atoms with Crippen molar-refractivity contribution >= 4 is 11.8 Å². The molecule has 0 radical (unpaired) electrons. The van der Waals surface area contributed by atoms with Gasteiger partial charge in [0.25, 0.3) is 0 Å². The summed E-state index contributed by atoms with van der Waals surface area (Å²) < 4.78 is 13.2. The highest BCUT2D eigenvalue weighted by atomic mass is 32.2. The van der Waals surface area contributed by atoms with Crippen molar-refractivity contribution < 1.29 is 9.50 Å². The van der Waals surface area contributed by atoms with Crippen LogP contribution in [0.15, 0.2) is 18.2 Å². The normalized spacial score (nSPS) is 18.5. The second kappa shape index (κ2) is 5.87. The molecule has 1 nitrogen and oxygen atoms in total. The Morgan fingerprint density at radius 2 is 2.06 bits per heavy atom. The minimum atomic E-state index is -0.546. The van der Waals surface area contributed by atoms with Gasteiger partial charge in [0.2, 0.25) is 0 Å². The van der Waals surface area contributed by atoms with Gasteiger partial charge in [-0.25, -0.2) is 4.39 Å². The Morgan fingerprint density at radius 3 is 2.71 bits per heavy atom. The average molecular weight is 254 g/mol. The van der Waals surface area contributed by atoms with Crippen LogP contribution in [0.3, 0.4) is 0 Å². The van der Waals surface area contributed by atoms with E-state index in [9.17, 15) is 9.50 Å². The Bertz CT molecular complexity index is 354. The van der Waals surface area contributed by atoms with Gasteiger partial charge in [-0.1, -0.05) is 18.9 Å². The van der Waals surface area contributed by atoms with Crippen molar-refractivity contribution in [2.75, 3.05) is 5.75 Å². The van der Waals surface area contributed by atoms with Gasteiger partial charge in [0.15, 0.2) is 0 Å². The van der Waals surface area contributed by atoms with E-state index in [1.165, 1.54) is 37.8 Å². The molecule has 0 aliphatic heterocycles. The van der Waals surface area contributed by atoms with Crippen LogP contribution in [0, 0.1) is 12.7 Å². The van der Waals surface area contributed by atoms with Crippen LogP contribution in [-0.4, -0.2) is 16.1 Å². The molecule has 0 amide bonds. The first-order valence-electron chi connectivity index (χ1n) is 6.22. The topological polar surface area (TPSA) is 20.2 Å². The summed E-state index contributed by atoms with van der Waals surface area (Å²) in [7, 11) is 0. The molecule has 1 fully saturated rings. The molecule has 17 heavy (non-hydrogen) atoms. The van der Waals surface area contributed by atoms with Crippen molar-refractivity contribution in [2.45, 2.75) is 44.0 Å². The molecule has 0 aromatic heterocycles. The van der Waals surface area contributed by atoms with Crippen molar-refractivity contribution in [3.63, 3.8) is 0 Å². The number of rotatable bonds is 4. The highest BCUT2D eigenvalue weighted by molar-refractivity contribution is 7.99. The SMILES string of the molecule is Cc1cc(F)cc(C(O)CSC2CCCC2)c1.